The maximum absolute atomic E-state index is 13.4. The maximum atomic E-state index is 13.4. The summed E-state index contributed by atoms with van der Waals surface area (Å²) in [4.78, 5) is 13.1. The Balaban J connectivity index is 2.91. The number of likely N-dealkylation sites (N-methyl/N-ethyl adjacent to an activating group) is 1. The Labute approximate surface area is 95.0 Å². The van der Waals surface area contributed by atoms with Gasteiger partial charge in [-0.3, -0.25) is 4.79 Å². The van der Waals surface area contributed by atoms with Gasteiger partial charge in [0.1, 0.15) is 5.82 Å². The van der Waals surface area contributed by atoms with E-state index >= 15 is 0 Å². The van der Waals surface area contributed by atoms with Crippen LogP contribution in [0.4, 0.5) is 10.1 Å². The van der Waals surface area contributed by atoms with Gasteiger partial charge in [-0.05, 0) is 18.1 Å². The first-order chi connectivity index (χ1) is 7.45. The van der Waals surface area contributed by atoms with E-state index in [-0.39, 0.29) is 17.5 Å². The molecule has 0 aromatic heterocycles. The van der Waals surface area contributed by atoms with E-state index in [9.17, 15) is 9.18 Å². The zero-order valence-corrected chi connectivity index (χ0v) is 9.77. The zero-order valence-electron chi connectivity index (χ0n) is 9.77. The first-order valence-electron chi connectivity index (χ1n) is 5.22. The highest BCUT2D eigenvalue weighted by atomic mass is 19.1. The monoisotopic (exact) mass is 224 g/mol. The minimum absolute atomic E-state index is 0.0294. The van der Waals surface area contributed by atoms with Gasteiger partial charge in [-0.25, -0.2) is 4.39 Å². The molecule has 16 heavy (non-hydrogen) atoms. The van der Waals surface area contributed by atoms with Gasteiger partial charge in [0.05, 0.1) is 11.7 Å². The lowest BCUT2D eigenvalue weighted by Gasteiger charge is -2.23. The SMILES string of the molecule is CC(C)[C@H](N)C(=O)N(C)c1ccccc1F. The summed E-state index contributed by atoms with van der Waals surface area (Å²) in [6.45, 7) is 3.72. The van der Waals surface area contributed by atoms with Gasteiger partial charge in [0.25, 0.3) is 0 Å². The van der Waals surface area contributed by atoms with Crippen LogP contribution in [0.5, 0.6) is 0 Å². The summed E-state index contributed by atoms with van der Waals surface area (Å²) in [5.41, 5.74) is 5.99. The van der Waals surface area contributed by atoms with Crippen molar-refractivity contribution in [3.63, 3.8) is 0 Å². The van der Waals surface area contributed by atoms with Crippen LogP contribution in [0.25, 0.3) is 0 Å². The Morgan fingerprint density at radius 1 is 1.38 bits per heavy atom. The van der Waals surface area contributed by atoms with Gasteiger partial charge in [-0.15, -0.1) is 0 Å². The summed E-state index contributed by atoms with van der Waals surface area (Å²) >= 11 is 0. The van der Waals surface area contributed by atoms with Gasteiger partial charge in [0.2, 0.25) is 5.91 Å². The number of halogens is 1. The van der Waals surface area contributed by atoms with Crippen LogP contribution in [-0.4, -0.2) is 19.0 Å². The van der Waals surface area contributed by atoms with Gasteiger partial charge in [0.15, 0.2) is 0 Å². The summed E-state index contributed by atoms with van der Waals surface area (Å²) in [6.07, 6.45) is 0. The van der Waals surface area contributed by atoms with Gasteiger partial charge >= 0.3 is 0 Å². The molecule has 0 unspecified atom stereocenters. The average Bonchev–Trinajstić information content (AvgIpc) is 2.26. The first kappa shape index (κ1) is 12.6. The molecule has 1 amide bonds. The number of amides is 1. The molecular formula is C12H17FN2O. The number of nitrogens with zero attached hydrogens (tertiary/aromatic N) is 1. The highest BCUT2D eigenvalue weighted by Gasteiger charge is 2.23. The second-order valence-electron chi connectivity index (χ2n) is 4.12. The van der Waals surface area contributed by atoms with Crippen molar-refractivity contribution in [2.24, 2.45) is 11.7 Å². The molecule has 0 fully saturated rings. The van der Waals surface area contributed by atoms with E-state index < -0.39 is 11.9 Å². The van der Waals surface area contributed by atoms with Gasteiger partial charge < -0.3 is 10.6 Å². The van der Waals surface area contributed by atoms with E-state index in [1.54, 1.807) is 18.2 Å². The molecular weight excluding hydrogens is 207 g/mol. The topological polar surface area (TPSA) is 46.3 Å². The van der Waals surface area contributed by atoms with Crippen LogP contribution < -0.4 is 10.6 Å². The van der Waals surface area contributed by atoms with Gasteiger partial charge in [-0.2, -0.15) is 0 Å². The van der Waals surface area contributed by atoms with Crippen molar-refractivity contribution < 1.29 is 9.18 Å². The Morgan fingerprint density at radius 3 is 2.44 bits per heavy atom. The quantitative estimate of drug-likeness (QED) is 0.850. The number of carbonyl (C=O) groups is 1. The molecule has 1 aromatic carbocycles. The lowest BCUT2D eigenvalue weighted by molar-refractivity contribution is -0.120. The van der Waals surface area contributed by atoms with E-state index in [0.717, 1.165) is 0 Å². The highest BCUT2D eigenvalue weighted by molar-refractivity contribution is 5.96. The first-order valence-corrected chi connectivity index (χ1v) is 5.22. The third-order valence-electron chi connectivity index (χ3n) is 2.55. The minimum Gasteiger partial charge on any atom is -0.320 e. The number of carbonyl (C=O) groups excluding carboxylic acids is 1. The van der Waals surface area contributed by atoms with E-state index in [0.29, 0.717) is 0 Å². The standard InChI is InChI=1S/C12H17FN2O/c1-8(2)11(14)12(16)15(3)10-7-5-4-6-9(10)13/h4-8,11H,14H2,1-3H3/t11-/m0/s1. The molecule has 4 heteroatoms. The third-order valence-corrected chi connectivity index (χ3v) is 2.55. The second-order valence-corrected chi connectivity index (χ2v) is 4.12. The Bertz CT molecular complexity index is 379. The molecule has 0 aliphatic carbocycles. The molecule has 0 saturated heterocycles. The van der Waals surface area contributed by atoms with Crippen LogP contribution in [0.15, 0.2) is 24.3 Å². The van der Waals surface area contributed by atoms with Crippen LogP contribution in [-0.2, 0) is 4.79 Å². The minimum atomic E-state index is -0.607. The van der Waals surface area contributed by atoms with Crippen LogP contribution in [0.3, 0.4) is 0 Å². The molecule has 0 aliphatic heterocycles. The molecule has 0 bridgehead atoms. The molecule has 0 radical (unpaired) electrons. The van der Waals surface area contributed by atoms with Crippen molar-refractivity contribution in [1.29, 1.82) is 0 Å². The van der Waals surface area contributed by atoms with Crippen molar-refractivity contribution in [3.05, 3.63) is 30.1 Å². The number of rotatable bonds is 3. The number of benzene rings is 1. The van der Waals surface area contributed by atoms with Crippen molar-refractivity contribution >= 4 is 11.6 Å². The molecule has 88 valence electrons. The Kier molecular flexibility index (Phi) is 4.01. The summed E-state index contributed by atoms with van der Waals surface area (Å²) in [5, 5.41) is 0. The summed E-state index contributed by atoms with van der Waals surface area (Å²) in [6, 6.07) is 5.53. The molecule has 0 saturated carbocycles. The van der Waals surface area contributed by atoms with Crippen LogP contribution in [0.2, 0.25) is 0 Å². The molecule has 1 aromatic rings. The summed E-state index contributed by atoms with van der Waals surface area (Å²) < 4.78 is 13.4. The molecule has 1 atom stereocenters. The molecule has 0 aliphatic rings. The Hall–Kier alpha value is -1.42. The van der Waals surface area contributed by atoms with Crippen molar-refractivity contribution in [2.45, 2.75) is 19.9 Å². The number of hydrogen-bond donors (Lipinski definition) is 1. The number of para-hydroxylation sites is 1. The second kappa shape index (κ2) is 5.07. The van der Waals surface area contributed by atoms with E-state index in [2.05, 4.69) is 0 Å². The molecule has 3 nitrogen and oxygen atoms in total. The zero-order chi connectivity index (χ0) is 12.3. The molecule has 2 N–H and O–H groups in total. The van der Waals surface area contributed by atoms with E-state index in [1.165, 1.54) is 18.0 Å². The fraction of sp³-hybridized carbons (Fsp3) is 0.417. The molecule has 1 rings (SSSR count). The number of anilines is 1. The molecule has 0 heterocycles. The van der Waals surface area contributed by atoms with Crippen molar-refractivity contribution in [2.75, 3.05) is 11.9 Å². The molecule has 0 spiro atoms. The van der Waals surface area contributed by atoms with Crippen LogP contribution in [0.1, 0.15) is 13.8 Å². The predicted octanol–water partition coefficient (Wildman–Crippen LogP) is 1.77. The Morgan fingerprint density at radius 2 is 1.94 bits per heavy atom. The van der Waals surface area contributed by atoms with Crippen LogP contribution in [0, 0.1) is 11.7 Å². The normalized spacial score (nSPS) is 12.6. The fourth-order valence-corrected chi connectivity index (χ4v) is 1.35. The van der Waals surface area contributed by atoms with E-state index in [4.69, 9.17) is 5.73 Å². The largest absolute Gasteiger partial charge is 0.320 e. The highest BCUT2D eigenvalue weighted by Crippen LogP contribution is 2.18. The van der Waals surface area contributed by atoms with Gasteiger partial charge in [0, 0.05) is 7.05 Å². The smallest absolute Gasteiger partial charge is 0.243 e. The van der Waals surface area contributed by atoms with Crippen molar-refractivity contribution in [3.8, 4) is 0 Å². The summed E-state index contributed by atoms with van der Waals surface area (Å²) in [7, 11) is 1.53. The van der Waals surface area contributed by atoms with Gasteiger partial charge in [-0.1, -0.05) is 26.0 Å². The van der Waals surface area contributed by atoms with E-state index in [1.807, 2.05) is 13.8 Å². The lowest BCUT2D eigenvalue weighted by atomic mass is 10.0. The third kappa shape index (κ3) is 2.58. The number of hydrogen-bond acceptors (Lipinski definition) is 2. The average molecular weight is 224 g/mol. The number of nitrogens with two attached hydrogens (primary N) is 1. The van der Waals surface area contributed by atoms with Crippen LogP contribution >= 0.6 is 0 Å². The van der Waals surface area contributed by atoms with Crippen molar-refractivity contribution in [1.82, 2.24) is 0 Å². The fourth-order valence-electron chi connectivity index (χ4n) is 1.35. The maximum Gasteiger partial charge on any atom is 0.243 e. The summed E-state index contributed by atoms with van der Waals surface area (Å²) in [5.74, 6) is -0.670. The predicted molar refractivity (Wildman–Crippen MR) is 62.6 cm³/mol. The lowest BCUT2D eigenvalue weighted by Crippen LogP contribution is -2.45.